The molecule has 0 amide bonds. The number of fused-ring (bicyclic) bond motifs is 1. The fourth-order valence-electron chi connectivity index (χ4n) is 2.61. The smallest absolute Gasteiger partial charge is 0.756 e. The molecule has 1 fully saturated rings. The van der Waals surface area contributed by atoms with E-state index in [2.05, 4.69) is 28.1 Å². The molecule has 24 heteroatoms. The van der Waals surface area contributed by atoms with Crippen molar-refractivity contribution in [1.82, 2.24) is 19.5 Å². The van der Waals surface area contributed by atoms with Gasteiger partial charge in [0.1, 0.15) is 30.2 Å². The molecule has 19 nitrogen and oxygen atoms in total. The number of aromatic nitrogens is 4. The molecule has 7 unspecified atom stereocenters. The number of anilines is 1. The molecule has 2 aromatic rings. The van der Waals surface area contributed by atoms with Crippen molar-refractivity contribution >= 4 is 40.4 Å². The van der Waals surface area contributed by atoms with Crippen LogP contribution in [0.15, 0.2) is 12.7 Å². The maximum Gasteiger partial charge on any atom is 1.00 e. The Morgan fingerprint density at radius 2 is 1.71 bits per heavy atom. The van der Waals surface area contributed by atoms with Crippen molar-refractivity contribution in [1.29, 1.82) is 0 Å². The Labute approximate surface area is 234 Å². The molecule has 1 aliphatic rings. The summed E-state index contributed by atoms with van der Waals surface area (Å²) in [5.74, 6) is 0.0322. The Bertz CT molecular complexity index is 1120. The maximum absolute atomic E-state index is 11.7. The Kier molecular flexibility index (Phi) is 13.1. The molecule has 0 bridgehead atoms. The van der Waals surface area contributed by atoms with E-state index in [1.165, 1.54) is 10.9 Å². The van der Waals surface area contributed by atoms with Crippen LogP contribution in [-0.2, 0) is 31.6 Å². The first kappa shape index (κ1) is 34.6. The second-order valence-corrected chi connectivity index (χ2v) is 10.3. The number of nitrogens with two attached hydrogens (primary N) is 1. The van der Waals surface area contributed by atoms with Crippen LogP contribution in [-0.4, -0.2) is 69.9 Å². The first-order valence-electron chi connectivity index (χ1n) is 7.88. The zero-order valence-electron chi connectivity index (χ0n) is 17.3. The minimum Gasteiger partial charge on any atom is -0.756 e. The summed E-state index contributed by atoms with van der Waals surface area (Å²) in [7, 11) is -17.4. The molecule has 34 heavy (non-hydrogen) atoms. The van der Waals surface area contributed by atoms with Crippen molar-refractivity contribution < 1.29 is 126 Å². The van der Waals surface area contributed by atoms with Gasteiger partial charge in [0.05, 0.1) is 12.9 Å². The summed E-state index contributed by atoms with van der Waals surface area (Å²) in [5.41, 5.74) is 5.97. The van der Waals surface area contributed by atoms with E-state index < -0.39 is 54.6 Å². The van der Waals surface area contributed by atoms with E-state index in [0.717, 1.165) is 6.33 Å². The van der Waals surface area contributed by atoms with Crippen LogP contribution in [0.2, 0.25) is 0 Å². The van der Waals surface area contributed by atoms with Crippen LogP contribution < -0.4 is 74.6 Å². The van der Waals surface area contributed by atoms with Gasteiger partial charge in [-0.1, -0.05) is 0 Å². The standard InChI is InChI=1S/C10H16N5O13P3.2Na.H2O/c11-8-5-9(13-2-12-8)15(3-14-5)10-7(17)6(16)4(26-10)1-25-30(21,22)28-31(23,24)27-29(18,19)20;;;/h2-4,6-7,10,16-17H,1H2,(H,21,22)(H,23,24)(H2,11,12,13)(H2,18,19,20);;;1H2/q;2*+1;/p-2. The van der Waals surface area contributed by atoms with Crippen LogP contribution in [0.3, 0.4) is 0 Å². The van der Waals surface area contributed by atoms with Gasteiger partial charge in [0.15, 0.2) is 17.7 Å². The molecule has 2 aromatic heterocycles. The molecule has 3 rings (SSSR count). The number of aliphatic hydroxyl groups excluding tert-OH is 2. The Morgan fingerprint density at radius 3 is 2.29 bits per heavy atom. The first-order valence-corrected chi connectivity index (χ1v) is 12.3. The van der Waals surface area contributed by atoms with E-state index in [4.69, 9.17) is 15.4 Å². The fraction of sp³-hybridized carbons (Fsp3) is 0.500. The van der Waals surface area contributed by atoms with Crippen molar-refractivity contribution in [3.8, 4) is 0 Å². The summed E-state index contributed by atoms with van der Waals surface area (Å²) in [5, 5.41) is 20.4. The van der Waals surface area contributed by atoms with Gasteiger partial charge in [-0.05, 0) is 0 Å². The van der Waals surface area contributed by atoms with Gasteiger partial charge in [-0.15, -0.1) is 0 Å². The molecule has 0 spiro atoms. The van der Waals surface area contributed by atoms with Crippen LogP contribution >= 0.6 is 23.5 Å². The molecule has 1 aliphatic heterocycles. The number of nitrogens with zero attached hydrogens (tertiary/aromatic N) is 4. The summed E-state index contributed by atoms with van der Waals surface area (Å²) in [4.78, 5) is 51.0. The molecule has 0 saturated carbocycles. The average molecular weight is 569 g/mol. The minimum atomic E-state index is -6.01. The van der Waals surface area contributed by atoms with Gasteiger partial charge in [0.2, 0.25) is 0 Å². The molecule has 182 valence electrons. The van der Waals surface area contributed by atoms with Gasteiger partial charge in [-0.3, -0.25) is 18.2 Å². The maximum atomic E-state index is 11.7. The number of rotatable bonds is 8. The van der Waals surface area contributed by atoms with Crippen molar-refractivity contribution in [2.45, 2.75) is 24.5 Å². The molecule has 0 aliphatic carbocycles. The number of aliphatic hydroxyl groups is 2. The van der Waals surface area contributed by atoms with Crippen molar-refractivity contribution in [2.24, 2.45) is 0 Å². The number of hydrogen-bond acceptors (Lipinski definition) is 15. The summed E-state index contributed by atoms with van der Waals surface area (Å²) < 4.78 is 51.0. The van der Waals surface area contributed by atoms with Crippen LogP contribution in [0.4, 0.5) is 5.82 Å². The summed E-state index contributed by atoms with van der Waals surface area (Å²) in [6, 6.07) is 0. The number of imidazole rings is 1. The zero-order valence-corrected chi connectivity index (χ0v) is 24.0. The third-order valence-corrected chi connectivity index (χ3v) is 7.53. The summed E-state index contributed by atoms with van der Waals surface area (Å²) in [6.45, 7) is -1.000. The molecule has 0 radical (unpaired) electrons. The number of hydrogen-bond donors (Lipinski definition) is 5. The quantitative estimate of drug-likeness (QED) is 0.145. The van der Waals surface area contributed by atoms with Crippen molar-refractivity contribution in [2.75, 3.05) is 12.3 Å². The van der Waals surface area contributed by atoms with Gasteiger partial charge in [0, 0.05) is 0 Å². The van der Waals surface area contributed by atoms with Gasteiger partial charge >= 0.3 is 66.9 Å². The van der Waals surface area contributed by atoms with Gasteiger partial charge in [-0.2, -0.15) is 0 Å². The summed E-state index contributed by atoms with van der Waals surface area (Å²) >= 11 is 0. The average Bonchev–Trinajstić information content (AvgIpc) is 3.13. The normalized spacial score (nSPS) is 27.4. The SMILES string of the molecule is Nc1ncnc2c1ncn2C1OC(COP(=O)(O)OP(=O)([O-])OP(=O)([O-])O)C(O)C1O.O.[Na+].[Na+]. The molecule has 0 aromatic carbocycles. The van der Waals surface area contributed by atoms with Crippen LogP contribution in [0, 0.1) is 0 Å². The fourth-order valence-corrected chi connectivity index (χ4v) is 5.55. The first-order chi connectivity index (χ1) is 14.2. The minimum absolute atomic E-state index is 0. The number of phosphoric ester groups is 1. The van der Waals surface area contributed by atoms with Crippen LogP contribution in [0.1, 0.15) is 6.23 Å². The largest absolute Gasteiger partial charge is 1.00 e. The van der Waals surface area contributed by atoms with E-state index >= 15 is 0 Å². The Balaban J connectivity index is 0.00000363. The predicted molar refractivity (Wildman–Crippen MR) is 94.7 cm³/mol. The zero-order chi connectivity index (χ0) is 23.2. The number of ether oxygens (including phenoxy) is 1. The van der Waals surface area contributed by atoms with E-state index in [1.54, 1.807) is 0 Å². The van der Waals surface area contributed by atoms with Crippen molar-refractivity contribution in [3.05, 3.63) is 12.7 Å². The second-order valence-electron chi connectivity index (χ2n) is 5.97. The molecular formula is C10H16N5Na2O14P3. The van der Waals surface area contributed by atoms with Gasteiger partial charge in [-0.25, -0.2) is 28.1 Å². The Morgan fingerprint density at radius 1 is 1.09 bits per heavy atom. The predicted octanol–water partition coefficient (Wildman–Crippen LogP) is -9.71. The van der Waals surface area contributed by atoms with Crippen molar-refractivity contribution in [3.63, 3.8) is 0 Å². The topological polar surface area (TPSA) is 316 Å². The van der Waals surface area contributed by atoms with E-state index in [0.29, 0.717) is 0 Å². The monoisotopic (exact) mass is 569 g/mol. The van der Waals surface area contributed by atoms with Crippen LogP contribution in [0.25, 0.3) is 11.2 Å². The number of phosphoric acid groups is 3. The van der Waals surface area contributed by atoms with E-state index in [1.807, 2.05) is 0 Å². The van der Waals surface area contributed by atoms with E-state index in [9.17, 15) is 38.6 Å². The van der Waals surface area contributed by atoms with Gasteiger partial charge < -0.3 is 45.7 Å². The molecule has 7 atom stereocenters. The molecular weight excluding hydrogens is 553 g/mol. The molecule has 1 saturated heterocycles. The van der Waals surface area contributed by atoms with E-state index in [-0.39, 0.29) is 81.6 Å². The summed E-state index contributed by atoms with van der Waals surface area (Å²) in [6.07, 6.45) is -3.81. The Hall–Kier alpha value is 0.600. The second kappa shape index (κ2) is 12.9. The third kappa shape index (κ3) is 8.58. The molecule has 3 heterocycles. The van der Waals surface area contributed by atoms with Gasteiger partial charge in [0.25, 0.3) is 15.6 Å². The number of nitrogen functional groups attached to an aromatic ring is 1. The third-order valence-electron chi connectivity index (χ3n) is 3.81. The van der Waals surface area contributed by atoms with Crippen LogP contribution in [0.5, 0.6) is 0 Å². The molecule has 8 N–H and O–H groups in total.